The van der Waals surface area contributed by atoms with E-state index < -0.39 is 53.2 Å². The molecule has 292 valence electrons. The van der Waals surface area contributed by atoms with Crippen LogP contribution in [-0.2, 0) is 61.1 Å². The number of nitrogens with one attached hydrogen (secondary N) is 2. The van der Waals surface area contributed by atoms with Gasteiger partial charge in [-0.15, -0.1) is 0 Å². The maximum Gasteiger partial charge on any atom is 0.408 e. The number of rotatable bonds is 15. The first-order valence-corrected chi connectivity index (χ1v) is 18.2. The normalized spacial score (nSPS) is 12.5. The van der Waals surface area contributed by atoms with E-state index in [-0.39, 0.29) is 38.0 Å². The number of alkyl carbamates (subject to hydrolysis) is 2. The van der Waals surface area contributed by atoms with Gasteiger partial charge in [0.1, 0.15) is 36.5 Å². The molecule has 0 saturated carbocycles. The molecule has 4 rings (SSSR count). The third-order valence-corrected chi connectivity index (χ3v) is 8.00. The largest absolute Gasteiger partial charge is 0.868 e. The van der Waals surface area contributed by atoms with Crippen molar-refractivity contribution in [1.29, 1.82) is 0 Å². The average Bonchev–Trinajstić information content (AvgIpc) is 3.12. The van der Waals surface area contributed by atoms with E-state index in [1.165, 1.54) is 6.20 Å². The maximum absolute atomic E-state index is 14.0. The van der Waals surface area contributed by atoms with Crippen molar-refractivity contribution >= 4 is 24.1 Å². The number of hydrogen-bond donors (Lipinski definition) is 2. The van der Waals surface area contributed by atoms with Crippen molar-refractivity contribution in [3.63, 3.8) is 0 Å². The van der Waals surface area contributed by atoms with Crippen molar-refractivity contribution in [3.8, 4) is 5.75 Å². The van der Waals surface area contributed by atoms with Crippen LogP contribution in [0.2, 0.25) is 0 Å². The molecule has 0 spiro atoms. The number of benzene rings is 3. The molecule has 0 fully saturated rings. The fourth-order valence-electron chi connectivity index (χ4n) is 5.54. The number of esters is 2. The summed E-state index contributed by atoms with van der Waals surface area (Å²) >= 11 is 0. The molecule has 0 saturated heterocycles. The Hall–Kier alpha value is -5.91. The zero-order valence-corrected chi connectivity index (χ0v) is 32.3. The molecule has 0 aliphatic carbocycles. The zero-order valence-electron chi connectivity index (χ0n) is 32.3. The van der Waals surface area contributed by atoms with Crippen molar-refractivity contribution in [2.45, 2.75) is 104 Å². The first-order valence-electron chi connectivity index (χ1n) is 18.2. The third-order valence-electron chi connectivity index (χ3n) is 8.00. The molecule has 2 atom stereocenters. The Morgan fingerprint density at radius 2 is 1.07 bits per heavy atom. The van der Waals surface area contributed by atoms with Crippen LogP contribution in [0.25, 0.3) is 0 Å². The van der Waals surface area contributed by atoms with Crippen LogP contribution >= 0.6 is 0 Å². The Bertz CT molecular complexity index is 1870. The summed E-state index contributed by atoms with van der Waals surface area (Å²) in [5.41, 5.74) is 1.41. The Labute approximate surface area is 322 Å². The molecule has 2 amide bonds. The van der Waals surface area contributed by atoms with E-state index in [4.69, 9.17) is 18.9 Å². The first-order chi connectivity index (χ1) is 26.0. The van der Waals surface area contributed by atoms with Gasteiger partial charge in [-0.2, -0.15) is 0 Å². The van der Waals surface area contributed by atoms with Crippen LogP contribution in [0.1, 0.15) is 75.8 Å². The summed E-state index contributed by atoms with van der Waals surface area (Å²) in [7, 11) is 0. The van der Waals surface area contributed by atoms with Crippen molar-refractivity contribution < 1.29 is 47.8 Å². The second-order valence-corrected chi connectivity index (χ2v) is 15.1. The standard InChI is InChI=1S/C43H51N3O9/c1-42(2,3)54-38(48)35(44-40(50)52-28-31-18-12-8-13-19-31)23-22-33-26-46(25-30-16-10-7-11-17-30)27-37(47)34(33)24-36(39(49)55-43(4,5)6)45-41(51)53-29-32-20-14-9-15-21-32/h7-21,26-27,35-36H,22-25,28-29H2,1-6H3,(H2-,44,45,47,50,51)/t35-,36-/m0/s1. The van der Waals surface area contributed by atoms with Gasteiger partial charge in [-0.3, -0.25) is 0 Å². The minimum Gasteiger partial charge on any atom is -0.868 e. The number of amides is 2. The molecular formula is C43H51N3O9. The van der Waals surface area contributed by atoms with Crippen molar-refractivity contribution in [2.75, 3.05) is 0 Å². The molecule has 4 aromatic rings. The molecule has 3 aromatic carbocycles. The summed E-state index contributed by atoms with van der Waals surface area (Å²) in [5.74, 6) is -1.84. The molecule has 0 unspecified atom stereocenters. The van der Waals surface area contributed by atoms with Gasteiger partial charge in [-0.25, -0.2) is 23.7 Å². The number of aryl methyl sites for hydroxylation is 1. The van der Waals surface area contributed by atoms with E-state index >= 15 is 0 Å². The predicted molar refractivity (Wildman–Crippen MR) is 202 cm³/mol. The van der Waals surface area contributed by atoms with E-state index in [2.05, 4.69) is 10.6 Å². The van der Waals surface area contributed by atoms with Crippen molar-refractivity contribution in [2.24, 2.45) is 0 Å². The highest BCUT2D eigenvalue weighted by Gasteiger charge is 2.31. The minimum atomic E-state index is -1.30. The lowest BCUT2D eigenvalue weighted by molar-refractivity contribution is -0.691. The van der Waals surface area contributed by atoms with Gasteiger partial charge in [0.2, 0.25) is 0 Å². The van der Waals surface area contributed by atoms with E-state index in [1.807, 2.05) is 78.9 Å². The SMILES string of the molecule is CC(C)(C)OC(=O)[C@H](CCc1c[n+](Cc2ccccc2)cc([O-])c1C[C@H](NC(=O)OCc1ccccc1)C(=O)OC(C)(C)C)NC(=O)OCc1ccccc1. The van der Waals surface area contributed by atoms with Gasteiger partial charge in [0.15, 0.2) is 18.9 Å². The quantitative estimate of drug-likeness (QED) is 0.0865. The van der Waals surface area contributed by atoms with Gasteiger partial charge in [-0.05, 0) is 76.8 Å². The molecule has 0 radical (unpaired) electrons. The molecule has 0 aliphatic heterocycles. The zero-order chi connectivity index (χ0) is 40.0. The van der Waals surface area contributed by atoms with Crippen LogP contribution in [0.3, 0.4) is 0 Å². The molecule has 0 aliphatic rings. The van der Waals surface area contributed by atoms with Crippen LogP contribution in [0.15, 0.2) is 103 Å². The summed E-state index contributed by atoms with van der Waals surface area (Å²) in [5, 5.41) is 19.2. The van der Waals surface area contributed by atoms with Gasteiger partial charge in [-0.1, -0.05) is 91.0 Å². The molecule has 12 heteroatoms. The maximum atomic E-state index is 14.0. The van der Waals surface area contributed by atoms with Crippen molar-refractivity contribution in [1.82, 2.24) is 10.6 Å². The minimum absolute atomic E-state index is 0.0115. The summed E-state index contributed by atoms with van der Waals surface area (Å²) < 4.78 is 23.8. The number of aromatic nitrogens is 1. The van der Waals surface area contributed by atoms with Gasteiger partial charge >= 0.3 is 24.1 Å². The summed E-state index contributed by atoms with van der Waals surface area (Å²) in [6, 6.07) is 25.3. The second kappa shape index (κ2) is 19.4. The summed E-state index contributed by atoms with van der Waals surface area (Å²) in [6.45, 7) is 10.6. The molecular weight excluding hydrogens is 702 g/mol. The monoisotopic (exact) mass is 753 g/mol. The fourth-order valence-corrected chi connectivity index (χ4v) is 5.54. The Morgan fingerprint density at radius 1 is 0.636 bits per heavy atom. The van der Waals surface area contributed by atoms with E-state index in [0.717, 1.165) is 16.7 Å². The highest BCUT2D eigenvalue weighted by atomic mass is 16.6. The molecule has 2 N–H and O–H groups in total. The van der Waals surface area contributed by atoms with E-state index in [9.17, 15) is 24.3 Å². The summed E-state index contributed by atoms with van der Waals surface area (Å²) in [6.07, 6.45) is 1.38. The van der Waals surface area contributed by atoms with Crippen LogP contribution in [0.4, 0.5) is 9.59 Å². The lowest BCUT2D eigenvalue weighted by Gasteiger charge is -2.27. The second-order valence-electron chi connectivity index (χ2n) is 15.1. The highest BCUT2D eigenvalue weighted by Crippen LogP contribution is 2.23. The van der Waals surface area contributed by atoms with Crippen LogP contribution in [0.5, 0.6) is 5.75 Å². The number of hydrogen-bond acceptors (Lipinski definition) is 9. The Balaban J connectivity index is 1.64. The van der Waals surface area contributed by atoms with Gasteiger partial charge < -0.3 is 34.7 Å². The van der Waals surface area contributed by atoms with E-state index in [0.29, 0.717) is 12.1 Å². The lowest BCUT2D eigenvalue weighted by atomic mass is 9.96. The van der Waals surface area contributed by atoms with Crippen LogP contribution in [0, 0.1) is 0 Å². The Morgan fingerprint density at radius 3 is 1.55 bits per heavy atom. The number of carbonyl (C=O) groups excluding carboxylic acids is 4. The number of carbonyl (C=O) groups is 4. The lowest BCUT2D eigenvalue weighted by Crippen LogP contribution is -2.46. The number of pyridine rings is 1. The number of nitrogens with zero attached hydrogens (tertiary/aromatic N) is 1. The van der Waals surface area contributed by atoms with Crippen LogP contribution < -0.4 is 20.3 Å². The molecule has 0 bridgehead atoms. The van der Waals surface area contributed by atoms with Gasteiger partial charge in [0, 0.05) is 17.5 Å². The first kappa shape index (κ1) is 41.8. The predicted octanol–water partition coefficient (Wildman–Crippen LogP) is 5.84. The molecule has 1 aromatic heterocycles. The van der Waals surface area contributed by atoms with Gasteiger partial charge in [0.05, 0.1) is 0 Å². The number of ether oxygens (including phenoxy) is 4. The average molecular weight is 754 g/mol. The molecule has 12 nitrogen and oxygen atoms in total. The molecule has 55 heavy (non-hydrogen) atoms. The molecule has 1 heterocycles. The summed E-state index contributed by atoms with van der Waals surface area (Å²) in [4.78, 5) is 53.0. The smallest absolute Gasteiger partial charge is 0.408 e. The highest BCUT2D eigenvalue weighted by molar-refractivity contribution is 5.82. The third kappa shape index (κ3) is 14.8. The topological polar surface area (TPSA) is 156 Å². The van der Waals surface area contributed by atoms with Crippen molar-refractivity contribution in [3.05, 3.63) is 131 Å². The van der Waals surface area contributed by atoms with Gasteiger partial charge in [0.25, 0.3) is 0 Å². The fraction of sp³-hybridized carbons (Fsp3) is 0.372. The van der Waals surface area contributed by atoms with E-state index in [1.54, 1.807) is 64.4 Å². The Kier molecular flexibility index (Phi) is 14.8. The van der Waals surface area contributed by atoms with Crippen LogP contribution in [-0.4, -0.2) is 47.4 Å².